The van der Waals surface area contributed by atoms with E-state index >= 15 is 0 Å². The highest BCUT2D eigenvalue weighted by atomic mass is 35.5. The van der Waals surface area contributed by atoms with Crippen LogP contribution in [0.5, 0.6) is 0 Å². The maximum atomic E-state index is 6.21. The zero-order valence-corrected chi connectivity index (χ0v) is 16.4. The number of hydrogen-bond acceptors (Lipinski definition) is 3. The number of aliphatic imine (C=N–C) groups is 1. The normalized spacial score (nSPS) is 11.4. The zero-order valence-electron chi connectivity index (χ0n) is 14.9. The van der Waals surface area contributed by atoms with Gasteiger partial charge in [-0.3, -0.25) is 4.99 Å². The highest BCUT2D eigenvalue weighted by Crippen LogP contribution is 2.20. The molecule has 1 aromatic heterocycles. The Hall–Kier alpha value is -2.57. The van der Waals surface area contributed by atoms with E-state index in [0.29, 0.717) is 35.6 Å². The Balaban J connectivity index is 1.54. The summed E-state index contributed by atoms with van der Waals surface area (Å²) < 4.78 is 1.79. The summed E-state index contributed by atoms with van der Waals surface area (Å²) in [6.07, 6.45) is 3.24. The maximum absolute atomic E-state index is 6.21. The van der Waals surface area contributed by atoms with Crippen LogP contribution >= 0.6 is 23.2 Å². The van der Waals surface area contributed by atoms with Gasteiger partial charge in [-0.05, 0) is 28.8 Å². The minimum Gasteiger partial charge on any atom is -0.352 e. The molecule has 0 spiro atoms. The van der Waals surface area contributed by atoms with Crippen molar-refractivity contribution in [3.8, 4) is 0 Å². The third kappa shape index (κ3) is 5.70. The van der Waals surface area contributed by atoms with E-state index in [4.69, 9.17) is 23.2 Å². The molecule has 0 aliphatic heterocycles. The average Bonchev–Trinajstić information content (AvgIpc) is 3.16. The Kier molecular flexibility index (Phi) is 6.68. The molecule has 0 bridgehead atoms. The Labute approximate surface area is 168 Å². The number of hydrogen-bond donors (Lipinski definition) is 2. The topological polar surface area (TPSA) is 67.1 Å². The molecule has 140 valence electrons. The number of aromatic nitrogens is 3. The molecular formula is C19H20Cl2N6. The van der Waals surface area contributed by atoms with Gasteiger partial charge in [0.2, 0.25) is 0 Å². The second-order valence-electron chi connectivity index (χ2n) is 5.93. The van der Waals surface area contributed by atoms with Crippen molar-refractivity contribution in [1.29, 1.82) is 0 Å². The van der Waals surface area contributed by atoms with E-state index in [1.807, 2.05) is 18.2 Å². The van der Waals surface area contributed by atoms with Crippen LogP contribution in [-0.2, 0) is 19.6 Å². The summed E-state index contributed by atoms with van der Waals surface area (Å²) in [6, 6.07) is 13.8. The molecule has 1 heterocycles. The van der Waals surface area contributed by atoms with Crippen molar-refractivity contribution in [3.05, 3.63) is 81.9 Å². The van der Waals surface area contributed by atoms with Crippen molar-refractivity contribution < 1.29 is 0 Å². The van der Waals surface area contributed by atoms with Crippen LogP contribution in [0.15, 0.2) is 60.1 Å². The molecule has 2 aromatic carbocycles. The molecule has 0 saturated heterocycles. The fourth-order valence-corrected chi connectivity index (χ4v) is 3.07. The van der Waals surface area contributed by atoms with Gasteiger partial charge in [0.25, 0.3) is 0 Å². The van der Waals surface area contributed by atoms with Crippen LogP contribution in [0.1, 0.15) is 16.7 Å². The van der Waals surface area contributed by atoms with Crippen LogP contribution in [0.3, 0.4) is 0 Å². The van der Waals surface area contributed by atoms with Gasteiger partial charge in [0.1, 0.15) is 12.7 Å². The molecule has 0 saturated carbocycles. The van der Waals surface area contributed by atoms with Gasteiger partial charge in [-0.15, -0.1) is 0 Å². The Morgan fingerprint density at radius 2 is 1.89 bits per heavy atom. The SMILES string of the molecule is CN=C(NCc1cccc(Cn2cncn2)c1)NCc1ccc(Cl)cc1Cl. The molecule has 2 N–H and O–H groups in total. The first-order valence-corrected chi connectivity index (χ1v) is 9.18. The van der Waals surface area contributed by atoms with Crippen LogP contribution in [0.4, 0.5) is 0 Å². The third-order valence-electron chi connectivity index (χ3n) is 3.95. The first-order chi connectivity index (χ1) is 13.1. The standard InChI is InChI=1S/C19H20Cl2N6/c1-22-19(25-10-16-5-6-17(20)8-18(16)21)24-9-14-3-2-4-15(7-14)11-27-13-23-12-26-27/h2-8,12-13H,9-11H2,1H3,(H2,22,24,25). The van der Waals surface area contributed by atoms with Gasteiger partial charge in [0, 0.05) is 30.2 Å². The van der Waals surface area contributed by atoms with E-state index < -0.39 is 0 Å². The van der Waals surface area contributed by atoms with Crippen LogP contribution in [0.2, 0.25) is 10.0 Å². The summed E-state index contributed by atoms with van der Waals surface area (Å²) in [7, 11) is 1.74. The van der Waals surface area contributed by atoms with Crippen LogP contribution in [0, 0.1) is 0 Å². The van der Waals surface area contributed by atoms with Crippen molar-refractivity contribution in [2.75, 3.05) is 7.05 Å². The van der Waals surface area contributed by atoms with Gasteiger partial charge in [0.05, 0.1) is 6.54 Å². The molecular weight excluding hydrogens is 383 g/mol. The van der Waals surface area contributed by atoms with Gasteiger partial charge in [-0.1, -0.05) is 53.5 Å². The van der Waals surface area contributed by atoms with Gasteiger partial charge in [-0.25, -0.2) is 9.67 Å². The van der Waals surface area contributed by atoms with E-state index in [-0.39, 0.29) is 0 Å². The van der Waals surface area contributed by atoms with Crippen molar-refractivity contribution >= 4 is 29.2 Å². The minimum atomic E-state index is 0.558. The fraction of sp³-hybridized carbons (Fsp3) is 0.211. The first-order valence-electron chi connectivity index (χ1n) is 8.42. The second kappa shape index (κ2) is 9.39. The molecule has 27 heavy (non-hydrogen) atoms. The van der Waals surface area contributed by atoms with Crippen molar-refractivity contribution in [2.24, 2.45) is 4.99 Å². The predicted molar refractivity (Wildman–Crippen MR) is 109 cm³/mol. The van der Waals surface area contributed by atoms with Crippen LogP contribution < -0.4 is 10.6 Å². The highest BCUT2D eigenvalue weighted by molar-refractivity contribution is 6.35. The lowest BCUT2D eigenvalue weighted by Gasteiger charge is -2.13. The lowest BCUT2D eigenvalue weighted by molar-refractivity contribution is 0.683. The summed E-state index contributed by atoms with van der Waals surface area (Å²) in [5.74, 6) is 0.697. The highest BCUT2D eigenvalue weighted by Gasteiger charge is 2.04. The molecule has 0 aliphatic carbocycles. The predicted octanol–water partition coefficient (Wildman–Crippen LogP) is 3.50. The monoisotopic (exact) mass is 402 g/mol. The van der Waals surface area contributed by atoms with Gasteiger partial charge < -0.3 is 10.6 Å². The number of rotatable bonds is 6. The molecule has 0 unspecified atom stereocenters. The summed E-state index contributed by atoms with van der Waals surface area (Å²) >= 11 is 12.1. The smallest absolute Gasteiger partial charge is 0.191 e. The van der Waals surface area contributed by atoms with Crippen LogP contribution in [0.25, 0.3) is 0 Å². The Morgan fingerprint density at radius 1 is 1.07 bits per heavy atom. The van der Waals surface area contributed by atoms with E-state index in [9.17, 15) is 0 Å². The quantitative estimate of drug-likeness (QED) is 0.489. The van der Waals surface area contributed by atoms with Crippen LogP contribution in [-0.4, -0.2) is 27.8 Å². The van der Waals surface area contributed by atoms with Gasteiger partial charge in [0.15, 0.2) is 5.96 Å². The summed E-state index contributed by atoms with van der Waals surface area (Å²) in [5.41, 5.74) is 3.27. The molecule has 8 heteroatoms. The lowest BCUT2D eigenvalue weighted by Crippen LogP contribution is -2.36. The van der Waals surface area contributed by atoms with E-state index in [0.717, 1.165) is 16.7 Å². The van der Waals surface area contributed by atoms with Crippen molar-refractivity contribution in [1.82, 2.24) is 25.4 Å². The molecule has 0 fully saturated rings. The molecule has 0 radical (unpaired) electrons. The Bertz CT molecular complexity index is 908. The summed E-state index contributed by atoms with van der Waals surface area (Å²) in [5, 5.41) is 12.0. The summed E-state index contributed by atoms with van der Waals surface area (Å²) in [4.78, 5) is 8.22. The number of halogens is 2. The van der Waals surface area contributed by atoms with Crippen molar-refractivity contribution in [3.63, 3.8) is 0 Å². The van der Waals surface area contributed by atoms with Gasteiger partial charge in [-0.2, -0.15) is 5.10 Å². The van der Waals surface area contributed by atoms with Crippen molar-refractivity contribution in [2.45, 2.75) is 19.6 Å². The Morgan fingerprint density at radius 3 is 2.63 bits per heavy atom. The second-order valence-corrected chi connectivity index (χ2v) is 6.77. The summed E-state index contributed by atoms with van der Waals surface area (Å²) in [6.45, 7) is 1.90. The maximum Gasteiger partial charge on any atom is 0.191 e. The largest absolute Gasteiger partial charge is 0.352 e. The molecule has 3 aromatic rings. The third-order valence-corrected chi connectivity index (χ3v) is 4.53. The number of nitrogens with one attached hydrogen (secondary N) is 2. The molecule has 0 atom stereocenters. The number of benzene rings is 2. The lowest BCUT2D eigenvalue weighted by atomic mass is 10.1. The van der Waals surface area contributed by atoms with E-state index in [2.05, 4.69) is 43.9 Å². The number of nitrogens with zero attached hydrogens (tertiary/aromatic N) is 4. The molecule has 6 nitrogen and oxygen atoms in total. The number of guanidine groups is 1. The molecule has 3 rings (SSSR count). The van der Waals surface area contributed by atoms with Gasteiger partial charge >= 0.3 is 0 Å². The average molecular weight is 403 g/mol. The molecule has 0 aliphatic rings. The zero-order chi connectivity index (χ0) is 19.1. The minimum absolute atomic E-state index is 0.558. The molecule has 0 amide bonds. The first kappa shape index (κ1) is 19.2. The van der Waals surface area contributed by atoms with E-state index in [1.165, 1.54) is 6.33 Å². The van der Waals surface area contributed by atoms with E-state index in [1.54, 1.807) is 24.1 Å². The fourth-order valence-electron chi connectivity index (χ4n) is 2.59.